The van der Waals surface area contributed by atoms with Crippen molar-refractivity contribution < 1.29 is 24.2 Å². The Morgan fingerprint density at radius 3 is 2.15 bits per heavy atom. The zero-order valence-corrected chi connectivity index (χ0v) is 20.1. The fourth-order valence-electron chi connectivity index (χ4n) is 4.45. The smallest absolute Gasteiger partial charge is 0.323 e. The van der Waals surface area contributed by atoms with E-state index < -0.39 is 24.0 Å². The quantitative estimate of drug-likeness (QED) is 0.495. The first kappa shape index (κ1) is 25.4. The van der Waals surface area contributed by atoms with Crippen molar-refractivity contribution in [3.63, 3.8) is 0 Å². The summed E-state index contributed by atoms with van der Waals surface area (Å²) in [6.07, 6.45) is 2.06. The first-order valence-corrected chi connectivity index (χ1v) is 11.8. The number of amides is 1. The van der Waals surface area contributed by atoms with Gasteiger partial charge in [0.1, 0.15) is 12.6 Å². The number of carbonyl (C=O) groups excluding carboxylic acids is 2. The second-order valence-corrected chi connectivity index (χ2v) is 9.14. The molecule has 0 aromatic heterocycles. The lowest BCUT2D eigenvalue weighted by Gasteiger charge is -2.31. The number of esters is 1. The predicted octanol–water partition coefficient (Wildman–Crippen LogP) is 3.00. The molecule has 0 aliphatic heterocycles. The van der Waals surface area contributed by atoms with Crippen molar-refractivity contribution in [2.45, 2.75) is 70.7 Å². The van der Waals surface area contributed by atoms with Crippen molar-refractivity contribution in [1.29, 1.82) is 0 Å². The lowest BCUT2D eigenvalue weighted by Crippen LogP contribution is -2.55. The zero-order chi connectivity index (χ0) is 24.7. The van der Waals surface area contributed by atoms with Gasteiger partial charge in [-0.1, -0.05) is 54.6 Å². The van der Waals surface area contributed by atoms with Gasteiger partial charge in [-0.05, 0) is 63.1 Å². The molecule has 0 radical (unpaired) electrons. The van der Waals surface area contributed by atoms with E-state index in [1.807, 2.05) is 54.6 Å². The van der Waals surface area contributed by atoms with Gasteiger partial charge in [0, 0.05) is 6.04 Å². The molecule has 3 rings (SSSR count). The average Bonchev–Trinajstić information content (AvgIpc) is 3.23. The molecule has 1 aliphatic rings. The number of nitrogens with one attached hydrogen (secondary N) is 1. The average molecular weight is 467 g/mol. The van der Waals surface area contributed by atoms with Crippen LogP contribution in [0.1, 0.15) is 43.9 Å². The van der Waals surface area contributed by atoms with Gasteiger partial charge in [-0.15, -0.1) is 0 Å². The van der Waals surface area contributed by atoms with E-state index in [9.17, 15) is 19.5 Å². The Morgan fingerprint density at radius 2 is 1.59 bits per heavy atom. The Kier molecular flexibility index (Phi) is 8.82. The Bertz CT molecular complexity index is 967. The summed E-state index contributed by atoms with van der Waals surface area (Å²) in [7, 11) is 0. The highest BCUT2D eigenvalue weighted by atomic mass is 16.5. The molecule has 0 spiro atoms. The van der Waals surface area contributed by atoms with Crippen LogP contribution in [0.5, 0.6) is 0 Å². The van der Waals surface area contributed by atoms with Crippen LogP contribution in [0.15, 0.2) is 54.6 Å². The molecule has 7 nitrogen and oxygen atoms in total. The van der Waals surface area contributed by atoms with Crippen molar-refractivity contribution in [2.24, 2.45) is 0 Å². The maximum atomic E-state index is 13.4. The molecule has 1 unspecified atom stereocenters. The van der Waals surface area contributed by atoms with Gasteiger partial charge >= 0.3 is 11.9 Å². The van der Waals surface area contributed by atoms with Crippen LogP contribution in [0.2, 0.25) is 0 Å². The molecule has 0 fully saturated rings. The molecule has 2 atom stereocenters. The lowest BCUT2D eigenvalue weighted by atomic mass is 10.0. The Morgan fingerprint density at radius 1 is 1.00 bits per heavy atom. The SMILES string of the molecule is CC(C)OC(=O)C(CCc1ccccc1)N[C@@H](C)C(=O)N(CC(=O)O)C1Cc2ccccc2C1. The molecule has 0 bridgehead atoms. The normalized spacial score (nSPS) is 14.9. The maximum absolute atomic E-state index is 13.4. The Balaban J connectivity index is 1.71. The second kappa shape index (κ2) is 11.8. The number of nitrogens with zero attached hydrogens (tertiary/aromatic N) is 1. The molecule has 34 heavy (non-hydrogen) atoms. The molecule has 1 aliphatic carbocycles. The molecule has 1 amide bonds. The molecular weight excluding hydrogens is 432 g/mol. The second-order valence-electron chi connectivity index (χ2n) is 9.14. The van der Waals surface area contributed by atoms with Gasteiger partial charge in [-0.25, -0.2) is 0 Å². The Labute approximate surface area is 201 Å². The number of aliphatic carboxylic acids is 1. The zero-order valence-electron chi connectivity index (χ0n) is 20.1. The molecule has 0 saturated carbocycles. The minimum Gasteiger partial charge on any atom is -0.480 e. The van der Waals surface area contributed by atoms with Crippen molar-refractivity contribution in [3.8, 4) is 0 Å². The molecule has 7 heteroatoms. The minimum atomic E-state index is -1.06. The fourth-order valence-corrected chi connectivity index (χ4v) is 4.45. The number of carbonyl (C=O) groups is 3. The monoisotopic (exact) mass is 466 g/mol. The highest BCUT2D eigenvalue weighted by molar-refractivity contribution is 5.86. The lowest BCUT2D eigenvalue weighted by molar-refractivity contribution is -0.152. The predicted molar refractivity (Wildman–Crippen MR) is 129 cm³/mol. The summed E-state index contributed by atoms with van der Waals surface area (Å²) >= 11 is 0. The Hall–Kier alpha value is -3.19. The van der Waals surface area contributed by atoms with E-state index in [0.717, 1.165) is 16.7 Å². The minimum absolute atomic E-state index is 0.226. The third-order valence-corrected chi connectivity index (χ3v) is 6.08. The van der Waals surface area contributed by atoms with Crippen molar-refractivity contribution >= 4 is 17.8 Å². The number of aryl methyl sites for hydroxylation is 1. The van der Waals surface area contributed by atoms with Crippen molar-refractivity contribution in [2.75, 3.05) is 6.54 Å². The molecule has 2 aromatic rings. The molecular formula is C27H34N2O5. The number of carboxylic acids is 1. The third kappa shape index (κ3) is 6.90. The van der Waals surface area contributed by atoms with Crippen molar-refractivity contribution in [1.82, 2.24) is 10.2 Å². The third-order valence-electron chi connectivity index (χ3n) is 6.08. The molecule has 182 valence electrons. The highest BCUT2D eigenvalue weighted by Crippen LogP contribution is 2.26. The summed E-state index contributed by atoms with van der Waals surface area (Å²) in [5.41, 5.74) is 3.36. The van der Waals surface area contributed by atoms with Crippen LogP contribution in [0.3, 0.4) is 0 Å². The van der Waals surface area contributed by atoms with E-state index in [1.165, 1.54) is 4.90 Å². The molecule has 2 N–H and O–H groups in total. The van der Waals surface area contributed by atoms with E-state index >= 15 is 0 Å². The van der Waals surface area contributed by atoms with E-state index in [-0.39, 0.29) is 24.6 Å². The van der Waals surface area contributed by atoms with Crippen LogP contribution < -0.4 is 5.32 Å². The number of rotatable bonds is 11. The van der Waals surface area contributed by atoms with Crippen molar-refractivity contribution in [3.05, 3.63) is 71.3 Å². The first-order valence-electron chi connectivity index (χ1n) is 11.8. The molecule has 2 aromatic carbocycles. The summed E-state index contributed by atoms with van der Waals surface area (Å²) < 4.78 is 5.43. The van der Waals surface area contributed by atoms with Gasteiger partial charge in [0.15, 0.2) is 0 Å². The van der Waals surface area contributed by atoms with Gasteiger partial charge < -0.3 is 14.7 Å². The highest BCUT2D eigenvalue weighted by Gasteiger charge is 2.35. The van der Waals surface area contributed by atoms with E-state index in [2.05, 4.69) is 5.32 Å². The van der Waals surface area contributed by atoms with Crippen LogP contribution in [0, 0.1) is 0 Å². The number of fused-ring (bicyclic) bond motifs is 1. The fraction of sp³-hybridized carbons (Fsp3) is 0.444. The standard InChI is InChI=1S/C27H34N2O5/c1-18(2)34-27(33)24(14-13-20-9-5-4-6-10-20)28-19(3)26(32)29(17-25(30)31)23-15-21-11-7-8-12-22(21)16-23/h4-12,18-19,23-24,28H,13-17H2,1-3H3,(H,30,31)/t19-,24?/m0/s1. The van der Waals surface area contributed by atoms with Crippen LogP contribution in [-0.2, 0) is 38.4 Å². The summed E-state index contributed by atoms with van der Waals surface area (Å²) in [4.78, 5) is 39.2. The summed E-state index contributed by atoms with van der Waals surface area (Å²) in [6, 6.07) is 16.1. The number of benzene rings is 2. The van der Waals surface area contributed by atoms with Gasteiger partial charge in [-0.2, -0.15) is 0 Å². The topological polar surface area (TPSA) is 95.9 Å². The van der Waals surface area contributed by atoms with E-state index in [0.29, 0.717) is 25.7 Å². The number of carboxylic acid groups (broad SMARTS) is 1. The van der Waals surface area contributed by atoms with Crippen LogP contribution >= 0.6 is 0 Å². The van der Waals surface area contributed by atoms with Gasteiger partial charge in [0.05, 0.1) is 12.1 Å². The van der Waals surface area contributed by atoms with Gasteiger partial charge in [0.2, 0.25) is 5.91 Å². The van der Waals surface area contributed by atoms with Gasteiger partial charge in [-0.3, -0.25) is 19.7 Å². The number of hydrogen-bond acceptors (Lipinski definition) is 5. The van der Waals surface area contributed by atoms with Crippen LogP contribution in [0.25, 0.3) is 0 Å². The molecule has 0 saturated heterocycles. The summed E-state index contributed by atoms with van der Waals surface area (Å²) in [5.74, 6) is -1.80. The van der Waals surface area contributed by atoms with E-state index in [4.69, 9.17) is 4.74 Å². The van der Waals surface area contributed by atoms with E-state index in [1.54, 1.807) is 20.8 Å². The summed E-state index contributed by atoms with van der Waals surface area (Å²) in [6.45, 7) is 4.87. The number of ether oxygens (including phenoxy) is 1. The molecule has 0 heterocycles. The summed E-state index contributed by atoms with van der Waals surface area (Å²) in [5, 5.41) is 12.6. The first-order chi connectivity index (χ1) is 16.2. The van der Waals surface area contributed by atoms with Gasteiger partial charge in [0.25, 0.3) is 0 Å². The largest absolute Gasteiger partial charge is 0.480 e. The van der Waals surface area contributed by atoms with Crippen LogP contribution in [0.4, 0.5) is 0 Å². The maximum Gasteiger partial charge on any atom is 0.323 e. The number of hydrogen-bond donors (Lipinski definition) is 2. The van der Waals surface area contributed by atoms with Crippen LogP contribution in [-0.4, -0.2) is 58.6 Å².